The Kier molecular flexibility index (Phi) is 2.87. The number of hydrogen-bond acceptors (Lipinski definition) is 3. The summed E-state index contributed by atoms with van der Waals surface area (Å²) in [6, 6.07) is 0. The van der Waals surface area contributed by atoms with E-state index in [-0.39, 0.29) is 0 Å². The molecule has 1 nitrogen and oxygen atoms in total. The SMILES string of the molecule is CC1CC(C)(C)S[P+](C)(S)O1. The molecule has 0 saturated carbocycles. The summed E-state index contributed by atoms with van der Waals surface area (Å²) in [5.74, 6) is -1.40. The van der Waals surface area contributed by atoms with Crippen LogP contribution in [0.5, 0.6) is 0 Å². The van der Waals surface area contributed by atoms with Gasteiger partial charge in [-0.25, -0.2) is 4.52 Å². The summed E-state index contributed by atoms with van der Waals surface area (Å²) in [5, 5.41) is 0. The van der Waals surface area contributed by atoms with E-state index in [1.54, 1.807) is 0 Å². The van der Waals surface area contributed by atoms with Gasteiger partial charge in [-0.15, -0.1) is 0 Å². The molecule has 66 valence electrons. The lowest BCUT2D eigenvalue weighted by molar-refractivity contribution is 0.220. The monoisotopic (exact) mass is 211 g/mol. The predicted octanol–water partition coefficient (Wildman–Crippen LogP) is 3.63. The molecule has 0 aromatic heterocycles. The maximum atomic E-state index is 5.75. The van der Waals surface area contributed by atoms with Crippen LogP contribution in [0.4, 0.5) is 0 Å². The van der Waals surface area contributed by atoms with Crippen molar-refractivity contribution in [2.75, 3.05) is 6.66 Å². The van der Waals surface area contributed by atoms with Gasteiger partial charge in [-0.05, 0) is 27.2 Å². The van der Waals surface area contributed by atoms with Gasteiger partial charge < -0.3 is 0 Å². The van der Waals surface area contributed by atoms with Crippen LogP contribution in [0.25, 0.3) is 0 Å². The Morgan fingerprint density at radius 2 is 2.18 bits per heavy atom. The summed E-state index contributed by atoms with van der Waals surface area (Å²) in [5.41, 5.74) is 0. The Morgan fingerprint density at radius 3 is 2.55 bits per heavy atom. The lowest BCUT2D eigenvalue weighted by Crippen LogP contribution is -2.27. The molecule has 2 unspecified atom stereocenters. The number of thiol groups is 1. The molecule has 0 radical (unpaired) electrons. The quantitative estimate of drug-likeness (QED) is 0.484. The molecule has 0 amide bonds. The predicted molar refractivity (Wildman–Crippen MR) is 58.7 cm³/mol. The summed E-state index contributed by atoms with van der Waals surface area (Å²) in [6.07, 6.45) is 1.51. The van der Waals surface area contributed by atoms with E-state index in [0.717, 1.165) is 6.42 Å². The van der Waals surface area contributed by atoms with E-state index in [4.69, 9.17) is 4.52 Å². The molecule has 0 aromatic rings. The van der Waals surface area contributed by atoms with Crippen molar-refractivity contribution in [3.05, 3.63) is 0 Å². The fraction of sp³-hybridized carbons (Fsp3) is 1.00. The molecule has 1 aliphatic rings. The highest BCUT2D eigenvalue weighted by Gasteiger charge is 2.47. The largest absolute Gasteiger partial charge is 0.256 e. The van der Waals surface area contributed by atoms with Gasteiger partial charge in [-0.1, -0.05) is 0 Å². The third-order valence-corrected chi connectivity index (χ3v) is 7.10. The van der Waals surface area contributed by atoms with Crippen molar-refractivity contribution >= 4 is 29.5 Å². The molecule has 0 N–H and O–H groups in total. The summed E-state index contributed by atoms with van der Waals surface area (Å²) in [7, 11) is 0. The van der Waals surface area contributed by atoms with Gasteiger partial charge in [0, 0.05) is 12.2 Å². The van der Waals surface area contributed by atoms with Gasteiger partial charge in [-0.3, -0.25) is 0 Å². The standard InChI is InChI=1S/C7H16OPS2/c1-6-5-7(2,3)11-9(4,10)8-6/h6,10H,5H2,1-4H3/q+1. The Hall–Kier alpha value is 1.09. The summed E-state index contributed by atoms with van der Waals surface area (Å²) < 4.78 is 6.10. The van der Waals surface area contributed by atoms with Crippen LogP contribution < -0.4 is 0 Å². The van der Waals surface area contributed by atoms with E-state index >= 15 is 0 Å². The van der Waals surface area contributed by atoms with Gasteiger partial charge in [0.05, 0.1) is 22.8 Å². The van der Waals surface area contributed by atoms with Gasteiger partial charge in [0.25, 0.3) is 5.89 Å². The fourth-order valence-corrected chi connectivity index (χ4v) is 9.61. The zero-order valence-electron chi connectivity index (χ0n) is 7.50. The van der Waals surface area contributed by atoms with Crippen LogP contribution in [0.15, 0.2) is 0 Å². The molecule has 0 spiro atoms. The van der Waals surface area contributed by atoms with Crippen molar-refractivity contribution in [2.45, 2.75) is 38.0 Å². The van der Waals surface area contributed by atoms with Gasteiger partial charge >= 0.3 is 0 Å². The maximum absolute atomic E-state index is 5.75. The second-order valence-electron chi connectivity index (χ2n) is 3.77. The molecule has 0 aliphatic carbocycles. The highest BCUT2D eigenvalue weighted by molar-refractivity contribution is 8.89. The van der Waals surface area contributed by atoms with E-state index in [0.29, 0.717) is 10.9 Å². The van der Waals surface area contributed by atoms with Crippen molar-refractivity contribution in [3.63, 3.8) is 0 Å². The van der Waals surface area contributed by atoms with Gasteiger partial charge in [0.15, 0.2) is 0 Å². The molecule has 11 heavy (non-hydrogen) atoms. The van der Waals surface area contributed by atoms with Gasteiger partial charge in [-0.2, -0.15) is 0 Å². The first-order valence-corrected chi connectivity index (χ1v) is 8.52. The van der Waals surface area contributed by atoms with Gasteiger partial charge in [0.1, 0.15) is 6.10 Å². The van der Waals surface area contributed by atoms with Crippen LogP contribution in [0.1, 0.15) is 27.2 Å². The summed E-state index contributed by atoms with van der Waals surface area (Å²) >= 11 is 6.45. The maximum Gasteiger partial charge on any atom is 0.256 e. The van der Waals surface area contributed by atoms with Crippen LogP contribution in [0.3, 0.4) is 0 Å². The van der Waals surface area contributed by atoms with E-state index in [1.807, 2.05) is 11.4 Å². The molecule has 1 aliphatic heterocycles. The Labute approximate surface area is 79.0 Å². The smallest absolute Gasteiger partial charge is 0.211 e. The van der Waals surface area contributed by atoms with Crippen LogP contribution in [-0.4, -0.2) is 17.5 Å². The lowest BCUT2D eigenvalue weighted by Gasteiger charge is -2.34. The Bertz CT molecular complexity index is 143. The fourth-order valence-electron chi connectivity index (χ4n) is 1.58. The minimum absolute atomic E-state index is 0.349. The van der Waals surface area contributed by atoms with Gasteiger partial charge in [0.2, 0.25) is 0 Å². The Balaban J connectivity index is 2.66. The van der Waals surface area contributed by atoms with E-state index in [2.05, 4.69) is 39.7 Å². The van der Waals surface area contributed by atoms with E-state index in [9.17, 15) is 0 Å². The minimum Gasteiger partial charge on any atom is -0.211 e. The average Bonchev–Trinajstić information content (AvgIpc) is 1.49. The molecule has 1 fully saturated rings. The first-order chi connectivity index (χ1) is 4.81. The molecule has 1 rings (SSSR count). The average molecular weight is 211 g/mol. The van der Waals surface area contributed by atoms with Crippen molar-refractivity contribution < 1.29 is 4.52 Å². The van der Waals surface area contributed by atoms with Crippen LogP contribution in [0, 0.1) is 0 Å². The van der Waals surface area contributed by atoms with Crippen molar-refractivity contribution in [2.24, 2.45) is 0 Å². The van der Waals surface area contributed by atoms with Crippen LogP contribution in [0.2, 0.25) is 0 Å². The molecule has 0 aromatic carbocycles. The molecule has 0 bridgehead atoms. The lowest BCUT2D eigenvalue weighted by atomic mass is 10.1. The van der Waals surface area contributed by atoms with Crippen LogP contribution in [-0.2, 0) is 4.52 Å². The minimum atomic E-state index is -1.40. The third-order valence-electron chi connectivity index (χ3n) is 1.57. The second-order valence-corrected chi connectivity index (χ2v) is 12.6. The van der Waals surface area contributed by atoms with Crippen molar-refractivity contribution in [3.8, 4) is 0 Å². The number of rotatable bonds is 0. The molecule has 4 heteroatoms. The molecule has 2 atom stereocenters. The molecule has 1 saturated heterocycles. The number of hydrogen-bond donors (Lipinski definition) is 1. The van der Waals surface area contributed by atoms with Crippen LogP contribution >= 0.6 is 29.5 Å². The molecular weight excluding hydrogens is 195 g/mol. The third kappa shape index (κ3) is 3.14. The first kappa shape index (κ1) is 10.2. The first-order valence-electron chi connectivity index (χ1n) is 3.79. The van der Waals surface area contributed by atoms with E-state index in [1.165, 1.54) is 0 Å². The Morgan fingerprint density at radius 1 is 1.64 bits per heavy atom. The summed E-state index contributed by atoms with van der Waals surface area (Å²) in [4.78, 5) is 0. The topological polar surface area (TPSA) is 9.23 Å². The normalized spacial score (nSPS) is 43.9. The zero-order valence-corrected chi connectivity index (χ0v) is 10.1. The van der Waals surface area contributed by atoms with Crippen molar-refractivity contribution in [1.29, 1.82) is 0 Å². The zero-order chi connectivity index (χ0) is 8.70. The highest BCUT2D eigenvalue weighted by atomic mass is 33.1. The molecular formula is C7H16OPS2+. The molecule has 1 heterocycles. The second kappa shape index (κ2) is 3.10. The van der Waals surface area contributed by atoms with E-state index < -0.39 is 5.89 Å². The summed E-state index contributed by atoms with van der Waals surface area (Å²) in [6.45, 7) is 8.80. The van der Waals surface area contributed by atoms with Crippen molar-refractivity contribution in [1.82, 2.24) is 0 Å². The highest BCUT2D eigenvalue weighted by Crippen LogP contribution is 2.78.